The number of aromatic amines is 1. The number of aromatic nitrogens is 1. The van der Waals surface area contributed by atoms with Crippen LogP contribution in [0.1, 0.15) is 26.4 Å². The van der Waals surface area contributed by atoms with Crippen molar-refractivity contribution < 1.29 is 14.7 Å². The maximum absolute atomic E-state index is 12.0. The van der Waals surface area contributed by atoms with Crippen LogP contribution >= 0.6 is 15.9 Å². The molecule has 0 saturated carbocycles. The van der Waals surface area contributed by atoms with Gasteiger partial charge in [0, 0.05) is 21.8 Å². The molecule has 0 atom stereocenters. The lowest BCUT2D eigenvalue weighted by Crippen LogP contribution is -1.99. The number of ketones is 1. The van der Waals surface area contributed by atoms with Crippen LogP contribution < -0.4 is 0 Å². The third kappa shape index (κ3) is 2.45. The maximum atomic E-state index is 12.0. The van der Waals surface area contributed by atoms with Crippen LogP contribution in [0, 0.1) is 0 Å². The van der Waals surface area contributed by atoms with Crippen LogP contribution in [-0.2, 0) is 0 Å². The summed E-state index contributed by atoms with van der Waals surface area (Å²) in [5.41, 5.74) is 0.860. The zero-order chi connectivity index (χ0) is 12.4. The normalized spacial score (nSPS) is 10.2. The van der Waals surface area contributed by atoms with Gasteiger partial charge in [-0.15, -0.1) is 0 Å². The van der Waals surface area contributed by atoms with Crippen LogP contribution in [0.3, 0.4) is 0 Å². The number of hydrogen-bond acceptors (Lipinski definition) is 2. The first-order valence-corrected chi connectivity index (χ1v) is 5.59. The molecular formula is C12H8BrNO3. The van der Waals surface area contributed by atoms with Crippen molar-refractivity contribution in [1.29, 1.82) is 0 Å². The van der Waals surface area contributed by atoms with Gasteiger partial charge in [0.1, 0.15) is 5.69 Å². The lowest BCUT2D eigenvalue weighted by Gasteiger charge is -1.97. The highest BCUT2D eigenvalue weighted by Gasteiger charge is 2.13. The zero-order valence-electron chi connectivity index (χ0n) is 8.61. The van der Waals surface area contributed by atoms with Crippen molar-refractivity contribution in [1.82, 2.24) is 4.98 Å². The van der Waals surface area contributed by atoms with Crippen LogP contribution in [0.5, 0.6) is 0 Å². The average Bonchev–Trinajstić information content (AvgIpc) is 2.78. The number of benzene rings is 1. The minimum Gasteiger partial charge on any atom is -0.477 e. The van der Waals surface area contributed by atoms with Crippen molar-refractivity contribution in [2.75, 3.05) is 0 Å². The predicted octanol–water partition coefficient (Wildman–Crippen LogP) is 2.71. The first-order valence-electron chi connectivity index (χ1n) is 4.80. The molecule has 0 saturated heterocycles. The molecule has 86 valence electrons. The number of carboxylic acids is 1. The van der Waals surface area contributed by atoms with Gasteiger partial charge in [0.05, 0.1) is 0 Å². The van der Waals surface area contributed by atoms with E-state index in [-0.39, 0.29) is 11.5 Å². The summed E-state index contributed by atoms with van der Waals surface area (Å²) in [6, 6.07) is 8.21. The summed E-state index contributed by atoms with van der Waals surface area (Å²) >= 11 is 3.28. The maximum Gasteiger partial charge on any atom is 0.352 e. The van der Waals surface area contributed by atoms with Crippen molar-refractivity contribution in [3.8, 4) is 0 Å². The van der Waals surface area contributed by atoms with Crippen molar-refractivity contribution in [3.05, 3.63) is 57.8 Å². The second-order valence-corrected chi connectivity index (χ2v) is 4.36. The van der Waals surface area contributed by atoms with E-state index < -0.39 is 5.97 Å². The van der Waals surface area contributed by atoms with E-state index in [0.717, 1.165) is 4.47 Å². The standard InChI is InChI=1S/C12H8BrNO3/c13-9-3-1-7(2-4-9)11(15)8-5-10(12(16)17)14-6-8/h1-6,14H,(H,16,17). The summed E-state index contributed by atoms with van der Waals surface area (Å²) < 4.78 is 0.884. The van der Waals surface area contributed by atoms with E-state index in [4.69, 9.17) is 5.11 Å². The number of carbonyl (C=O) groups is 2. The number of carboxylic acid groups (broad SMARTS) is 1. The molecule has 0 unspecified atom stereocenters. The fourth-order valence-electron chi connectivity index (χ4n) is 1.42. The van der Waals surface area contributed by atoms with Crippen molar-refractivity contribution in [2.24, 2.45) is 0 Å². The van der Waals surface area contributed by atoms with Gasteiger partial charge >= 0.3 is 5.97 Å². The highest BCUT2D eigenvalue weighted by Crippen LogP contribution is 2.15. The SMILES string of the molecule is O=C(c1ccc(Br)cc1)c1c[nH]c(C(=O)O)c1. The molecule has 1 aromatic heterocycles. The molecule has 0 spiro atoms. The number of aromatic carboxylic acids is 1. The first-order chi connectivity index (χ1) is 8.08. The first kappa shape index (κ1) is 11.6. The van der Waals surface area contributed by atoms with Gasteiger partial charge in [-0.1, -0.05) is 15.9 Å². The van der Waals surface area contributed by atoms with Crippen LogP contribution in [0.4, 0.5) is 0 Å². The molecule has 1 aromatic carbocycles. The Bertz CT molecular complexity index is 572. The minimum absolute atomic E-state index is 0.00506. The molecule has 0 aliphatic heterocycles. The number of nitrogens with one attached hydrogen (secondary N) is 1. The smallest absolute Gasteiger partial charge is 0.352 e. The van der Waals surface area contributed by atoms with Crippen LogP contribution in [0.15, 0.2) is 41.0 Å². The molecule has 17 heavy (non-hydrogen) atoms. The lowest BCUT2D eigenvalue weighted by atomic mass is 10.1. The van der Waals surface area contributed by atoms with Crippen LogP contribution in [-0.4, -0.2) is 21.8 Å². The monoisotopic (exact) mass is 293 g/mol. The molecular weight excluding hydrogens is 286 g/mol. The number of halogens is 1. The van der Waals surface area contributed by atoms with Crippen LogP contribution in [0.25, 0.3) is 0 Å². The van der Waals surface area contributed by atoms with E-state index in [1.54, 1.807) is 24.3 Å². The topological polar surface area (TPSA) is 70.2 Å². The quantitative estimate of drug-likeness (QED) is 0.855. The summed E-state index contributed by atoms with van der Waals surface area (Å²) in [6.07, 6.45) is 1.40. The van der Waals surface area contributed by atoms with E-state index in [9.17, 15) is 9.59 Å². The Kier molecular flexibility index (Phi) is 3.10. The summed E-state index contributed by atoms with van der Waals surface area (Å²) in [4.78, 5) is 25.2. The van der Waals surface area contributed by atoms with Gasteiger partial charge in [-0.3, -0.25) is 4.79 Å². The molecule has 2 N–H and O–H groups in total. The molecule has 4 nitrogen and oxygen atoms in total. The van der Waals surface area contributed by atoms with Gasteiger partial charge in [0.2, 0.25) is 0 Å². The van der Waals surface area contributed by atoms with Gasteiger partial charge in [0.15, 0.2) is 5.78 Å². The van der Waals surface area contributed by atoms with Crippen molar-refractivity contribution >= 4 is 27.7 Å². The fraction of sp³-hybridized carbons (Fsp3) is 0. The van der Waals surface area contributed by atoms with Gasteiger partial charge in [-0.2, -0.15) is 0 Å². The Morgan fingerprint density at radius 1 is 1.12 bits per heavy atom. The Morgan fingerprint density at radius 2 is 1.76 bits per heavy atom. The third-order valence-corrected chi connectivity index (χ3v) is 2.81. The molecule has 5 heteroatoms. The van der Waals surface area contributed by atoms with E-state index in [2.05, 4.69) is 20.9 Å². The van der Waals surface area contributed by atoms with Crippen molar-refractivity contribution in [2.45, 2.75) is 0 Å². The summed E-state index contributed by atoms with van der Waals surface area (Å²) in [7, 11) is 0. The molecule has 0 bridgehead atoms. The molecule has 0 aliphatic rings. The molecule has 0 radical (unpaired) electrons. The second-order valence-electron chi connectivity index (χ2n) is 3.44. The molecule has 0 amide bonds. The zero-order valence-corrected chi connectivity index (χ0v) is 10.2. The van der Waals surface area contributed by atoms with Gasteiger partial charge in [0.25, 0.3) is 0 Å². The molecule has 1 heterocycles. The largest absolute Gasteiger partial charge is 0.477 e. The number of hydrogen-bond donors (Lipinski definition) is 2. The van der Waals surface area contributed by atoms with E-state index in [1.165, 1.54) is 12.3 Å². The Balaban J connectivity index is 2.30. The van der Waals surface area contributed by atoms with Gasteiger partial charge < -0.3 is 10.1 Å². The van der Waals surface area contributed by atoms with Crippen molar-refractivity contribution in [3.63, 3.8) is 0 Å². The highest BCUT2D eigenvalue weighted by atomic mass is 79.9. The average molecular weight is 294 g/mol. The van der Waals surface area contributed by atoms with E-state index in [1.807, 2.05) is 0 Å². The summed E-state index contributed by atoms with van der Waals surface area (Å²) in [5.74, 6) is -1.29. The third-order valence-electron chi connectivity index (χ3n) is 2.28. The minimum atomic E-state index is -1.08. The van der Waals surface area contributed by atoms with Gasteiger partial charge in [-0.25, -0.2) is 4.79 Å². The fourth-order valence-corrected chi connectivity index (χ4v) is 1.68. The number of carbonyl (C=O) groups excluding carboxylic acids is 1. The Morgan fingerprint density at radius 3 is 2.29 bits per heavy atom. The summed E-state index contributed by atoms with van der Waals surface area (Å²) in [5, 5.41) is 8.74. The highest BCUT2D eigenvalue weighted by molar-refractivity contribution is 9.10. The Hall–Kier alpha value is -1.88. The van der Waals surface area contributed by atoms with E-state index >= 15 is 0 Å². The molecule has 2 rings (SSSR count). The molecule has 2 aromatic rings. The van der Waals surface area contributed by atoms with Gasteiger partial charge in [-0.05, 0) is 30.3 Å². The van der Waals surface area contributed by atoms with E-state index in [0.29, 0.717) is 11.1 Å². The molecule has 0 aliphatic carbocycles. The Labute approximate surface area is 105 Å². The lowest BCUT2D eigenvalue weighted by molar-refractivity contribution is 0.0691. The molecule has 0 fully saturated rings. The second kappa shape index (κ2) is 4.55. The number of rotatable bonds is 3. The predicted molar refractivity (Wildman–Crippen MR) is 65.3 cm³/mol. The summed E-state index contributed by atoms with van der Waals surface area (Å²) in [6.45, 7) is 0. The number of H-pyrrole nitrogens is 1. The van der Waals surface area contributed by atoms with Crippen LogP contribution in [0.2, 0.25) is 0 Å².